The van der Waals surface area contributed by atoms with Crippen molar-refractivity contribution < 1.29 is 9.47 Å². The third-order valence-electron chi connectivity index (χ3n) is 1.56. The second kappa shape index (κ2) is 16.2. The van der Waals surface area contributed by atoms with E-state index in [0.717, 1.165) is 48.7 Å². The normalized spacial score (nSPS) is 10.9. The van der Waals surface area contributed by atoms with Crippen molar-refractivity contribution in [2.45, 2.75) is 0 Å². The van der Waals surface area contributed by atoms with Gasteiger partial charge in [-0.3, -0.25) is 0 Å². The Bertz CT molecular complexity index is 117. The van der Waals surface area contributed by atoms with Crippen molar-refractivity contribution >= 4 is 46.7 Å². The van der Waals surface area contributed by atoms with Gasteiger partial charge in [0.15, 0.2) is 0 Å². The summed E-state index contributed by atoms with van der Waals surface area (Å²) in [5.41, 5.74) is 0. The molecule has 0 rings (SSSR count). The van der Waals surface area contributed by atoms with Gasteiger partial charge in [0.25, 0.3) is 0 Å². The van der Waals surface area contributed by atoms with Gasteiger partial charge in [-0.05, 0) is 0 Å². The van der Waals surface area contributed by atoms with E-state index in [2.05, 4.69) is 0 Å². The molecule has 0 radical (unpaired) electrons. The molecule has 6 heteroatoms. The third-order valence-corrected chi connectivity index (χ3v) is 3.99. The van der Waals surface area contributed by atoms with E-state index in [1.54, 1.807) is 0 Å². The highest BCUT2D eigenvalue weighted by atomic mass is 35.5. The first-order chi connectivity index (χ1) is 7.91. The molecule has 0 heterocycles. The average molecular weight is 307 g/mol. The van der Waals surface area contributed by atoms with E-state index >= 15 is 0 Å². The first kappa shape index (κ1) is 17.2. The molecule has 0 N–H and O–H groups in total. The maximum atomic E-state index is 5.55. The summed E-state index contributed by atoms with van der Waals surface area (Å²) in [6.07, 6.45) is 0. The second-order valence-corrected chi connectivity index (χ2v) is 6.03. The Morgan fingerprint density at radius 3 is 1.62 bits per heavy atom. The third kappa shape index (κ3) is 15.2. The van der Waals surface area contributed by atoms with Gasteiger partial charge in [-0.2, -0.15) is 23.5 Å². The molecule has 0 aromatic carbocycles. The predicted molar refractivity (Wildman–Crippen MR) is 77.7 cm³/mol. The lowest BCUT2D eigenvalue weighted by atomic mass is 10.8. The molecule has 0 aromatic rings. The molecule has 0 saturated carbocycles. The van der Waals surface area contributed by atoms with Crippen LogP contribution in [0.25, 0.3) is 0 Å². The molecule has 0 bridgehead atoms. The Morgan fingerprint density at radius 1 is 0.625 bits per heavy atom. The van der Waals surface area contributed by atoms with Gasteiger partial charge in [0.2, 0.25) is 0 Å². The van der Waals surface area contributed by atoms with Crippen molar-refractivity contribution in [2.24, 2.45) is 0 Å². The number of rotatable bonds is 13. The minimum absolute atomic E-state index is 0.577. The first-order valence-corrected chi connectivity index (χ1v) is 8.72. The van der Waals surface area contributed by atoms with Crippen molar-refractivity contribution in [1.29, 1.82) is 0 Å². The van der Waals surface area contributed by atoms with E-state index in [1.165, 1.54) is 0 Å². The van der Waals surface area contributed by atoms with Crippen molar-refractivity contribution in [1.82, 2.24) is 0 Å². The van der Waals surface area contributed by atoms with Crippen LogP contribution in [0.3, 0.4) is 0 Å². The van der Waals surface area contributed by atoms with Crippen LogP contribution in [0.4, 0.5) is 0 Å². The Labute approximate surface area is 117 Å². The molecule has 0 aliphatic heterocycles. The summed E-state index contributed by atoms with van der Waals surface area (Å²) < 4.78 is 10.7. The summed E-state index contributed by atoms with van der Waals surface area (Å²) >= 11 is 14.7. The molecule has 0 aliphatic carbocycles. The van der Waals surface area contributed by atoms with Gasteiger partial charge in [-0.25, -0.2) is 0 Å². The Morgan fingerprint density at radius 2 is 1.12 bits per heavy atom. The molecule has 0 unspecified atom stereocenters. The lowest BCUT2D eigenvalue weighted by Gasteiger charge is -2.04. The van der Waals surface area contributed by atoms with Crippen LogP contribution in [0, 0.1) is 0 Å². The van der Waals surface area contributed by atoms with Gasteiger partial charge in [0.05, 0.1) is 26.4 Å². The number of ether oxygens (including phenoxy) is 2. The molecular weight excluding hydrogens is 287 g/mol. The molecule has 0 aliphatic rings. The molecule has 0 atom stereocenters. The molecule has 0 amide bonds. The summed E-state index contributed by atoms with van der Waals surface area (Å²) in [4.78, 5) is 0. The molecular formula is C10H20Cl2O2S2. The number of hydrogen-bond acceptors (Lipinski definition) is 4. The van der Waals surface area contributed by atoms with E-state index in [9.17, 15) is 0 Å². The zero-order chi connectivity index (χ0) is 11.9. The van der Waals surface area contributed by atoms with Crippen LogP contribution in [0.1, 0.15) is 0 Å². The van der Waals surface area contributed by atoms with Crippen LogP contribution in [-0.2, 0) is 9.47 Å². The Balaban J connectivity index is 2.83. The van der Waals surface area contributed by atoms with Crippen molar-refractivity contribution in [3.8, 4) is 0 Å². The van der Waals surface area contributed by atoms with E-state index in [1.807, 2.05) is 23.5 Å². The molecule has 0 spiro atoms. The van der Waals surface area contributed by atoms with Crippen LogP contribution in [0.2, 0.25) is 0 Å². The van der Waals surface area contributed by atoms with Gasteiger partial charge in [-0.1, -0.05) is 0 Å². The molecule has 98 valence electrons. The topological polar surface area (TPSA) is 18.5 Å². The summed E-state index contributed by atoms with van der Waals surface area (Å²) in [5.74, 6) is 5.40. The first-order valence-electron chi connectivity index (χ1n) is 5.34. The quantitative estimate of drug-likeness (QED) is 0.384. The summed E-state index contributed by atoms with van der Waals surface area (Å²) in [7, 11) is 0. The monoisotopic (exact) mass is 306 g/mol. The predicted octanol–water partition coefficient (Wildman–Crippen LogP) is 2.96. The van der Waals surface area contributed by atoms with Crippen molar-refractivity contribution in [2.75, 3.05) is 61.2 Å². The zero-order valence-corrected chi connectivity index (χ0v) is 12.6. The van der Waals surface area contributed by atoms with E-state index < -0.39 is 0 Å². The maximum Gasteiger partial charge on any atom is 0.0602 e. The SMILES string of the molecule is ClCCOCCSCCOCCSCCCl. The van der Waals surface area contributed by atoms with Gasteiger partial charge in [0, 0.05) is 34.8 Å². The molecule has 0 fully saturated rings. The fourth-order valence-electron chi connectivity index (χ4n) is 0.871. The van der Waals surface area contributed by atoms with Gasteiger partial charge in [-0.15, -0.1) is 23.2 Å². The highest BCUT2D eigenvalue weighted by Crippen LogP contribution is 2.02. The smallest absolute Gasteiger partial charge is 0.0602 e. The van der Waals surface area contributed by atoms with Crippen LogP contribution >= 0.6 is 46.7 Å². The lowest BCUT2D eigenvalue weighted by Crippen LogP contribution is -2.04. The van der Waals surface area contributed by atoms with Gasteiger partial charge >= 0.3 is 0 Å². The summed E-state index contributed by atoms with van der Waals surface area (Å²) in [6, 6.07) is 0. The Hall–Kier alpha value is 1.20. The van der Waals surface area contributed by atoms with E-state index in [0.29, 0.717) is 12.5 Å². The number of halogens is 2. The minimum Gasteiger partial charge on any atom is -0.380 e. The fraction of sp³-hybridized carbons (Fsp3) is 1.00. The summed E-state index contributed by atoms with van der Waals surface area (Å²) in [5, 5.41) is 0. The van der Waals surface area contributed by atoms with E-state index in [-0.39, 0.29) is 0 Å². The zero-order valence-electron chi connectivity index (χ0n) is 9.46. The lowest BCUT2D eigenvalue weighted by molar-refractivity contribution is 0.164. The number of hydrogen-bond donors (Lipinski definition) is 0. The van der Waals surface area contributed by atoms with Crippen LogP contribution < -0.4 is 0 Å². The van der Waals surface area contributed by atoms with Crippen LogP contribution in [0.15, 0.2) is 0 Å². The van der Waals surface area contributed by atoms with Gasteiger partial charge < -0.3 is 9.47 Å². The Kier molecular flexibility index (Phi) is 17.4. The average Bonchev–Trinajstić information content (AvgIpc) is 2.31. The van der Waals surface area contributed by atoms with Crippen molar-refractivity contribution in [3.63, 3.8) is 0 Å². The maximum absolute atomic E-state index is 5.55. The largest absolute Gasteiger partial charge is 0.380 e. The molecule has 0 saturated heterocycles. The highest BCUT2D eigenvalue weighted by Gasteiger charge is 1.92. The molecule has 2 nitrogen and oxygen atoms in total. The summed E-state index contributed by atoms with van der Waals surface area (Å²) in [6.45, 7) is 3.08. The number of alkyl halides is 2. The second-order valence-electron chi connectivity index (χ2n) is 2.83. The van der Waals surface area contributed by atoms with Crippen LogP contribution in [0.5, 0.6) is 0 Å². The van der Waals surface area contributed by atoms with Gasteiger partial charge in [0.1, 0.15) is 0 Å². The highest BCUT2D eigenvalue weighted by molar-refractivity contribution is 7.99. The van der Waals surface area contributed by atoms with E-state index in [4.69, 9.17) is 32.7 Å². The standard InChI is InChI=1S/C10H20Cl2O2S2/c11-1-3-13-4-9-16-10-6-14-5-8-15-7-2-12/h1-10H2. The minimum atomic E-state index is 0.577. The molecule has 0 aromatic heterocycles. The van der Waals surface area contributed by atoms with Crippen LogP contribution in [-0.4, -0.2) is 61.2 Å². The molecule has 16 heavy (non-hydrogen) atoms. The number of thioether (sulfide) groups is 2. The van der Waals surface area contributed by atoms with Crippen molar-refractivity contribution in [3.05, 3.63) is 0 Å². The fourth-order valence-corrected chi connectivity index (χ4v) is 2.53.